The fraction of sp³-hybridized carbons (Fsp3) is 0.226. The smallest absolute Gasteiger partial charge is 0.416 e. The lowest BCUT2D eigenvalue weighted by Crippen LogP contribution is -2.57. The molecule has 15 heteroatoms. The van der Waals surface area contributed by atoms with Gasteiger partial charge in [-0.15, -0.1) is 0 Å². The zero-order chi connectivity index (χ0) is 33.3. The summed E-state index contributed by atoms with van der Waals surface area (Å²) in [4.78, 5) is 55.5. The number of aromatic nitrogens is 1. The van der Waals surface area contributed by atoms with Crippen LogP contribution in [0.3, 0.4) is 0 Å². The third-order valence-electron chi connectivity index (χ3n) is 7.24. The number of rotatable bonds is 5. The number of fused-ring (bicyclic) bond motifs is 1. The molecule has 0 radical (unpaired) electrons. The lowest BCUT2D eigenvalue weighted by atomic mass is 10.1. The summed E-state index contributed by atoms with van der Waals surface area (Å²) < 4.78 is 45.1. The van der Waals surface area contributed by atoms with Crippen molar-refractivity contribution >= 4 is 46.8 Å². The van der Waals surface area contributed by atoms with E-state index in [-0.39, 0.29) is 41.0 Å². The van der Waals surface area contributed by atoms with Gasteiger partial charge in [0.05, 0.1) is 36.8 Å². The topological polar surface area (TPSA) is 141 Å². The highest BCUT2D eigenvalue weighted by molar-refractivity contribution is 6.27. The Labute approximate surface area is 261 Å². The van der Waals surface area contributed by atoms with Crippen LogP contribution in [0, 0.1) is 13.8 Å². The number of benzene rings is 2. The lowest BCUT2D eigenvalue weighted by molar-refractivity contribution is -0.137. The summed E-state index contributed by atoms with van der Waals surface area (Å²) in [6.07, 6.45) is -2.99. The van der Waals surface area contributed by atoms with Crippen LogP contribution in [-0.2, 0) is 6.18 Å². The van der Waals surface area contributed by atoms with Crippen molar-refractivity contribution in [2.24, 2.45) is 9.98 Å². The first-order chi connectivity index (χ1) is 21.8. The average molecular weight is 635 g/mol. The van der Waals surface area contributed by atoms with Crippen molar-refractivity contribution in [2.75, 3.05) is 36.2 Å². The number of ether oxygens (including phenoxy) is 1. The molecule has 2 aliphatic rings. The fourth-order valence-electron chi connectivity index (χ4n) is 4.91. The fourth-order valence-corrected chi connectivity index (χ4v) is 4.91. The van der Waals surface area contributed by atoms with Crippen molar-refractivity contribution in [1.29, 1.82) is 0 Å². The van der Waals surface area contributed by atoms with Gasteiger partial charge in [-0.25, -0.2) is 14.6 Å². The highest BCUT2D eigenvalue weighted by atomic mass is 19.4. The number of anilines is 3. The van der Waals surface area contributed by atoms with Gasteiger partial charge in [-0.2, -0.15) is 23.1 Å². The molecule has 2 aliphatic heterocycles. The van der Waals surface area contributed by atoms with Gasteiger partial charge in [0.1, 0.15) is 5.75 Å². The van der Waals surface area contributed by atoms with E-state index in [9.17, 15) is 27.6 Å². The monoisotopic (exact) mass is 634 g/mol. The van der Waals surface area contributed by atoms with Crippen molar-refractivity contribution in [3.8, 4) is 5.75 Å². The number of allylic oxidation sites excluding steroid dienone is 1. The zero-order valence-electron chi connectivity index (χ0n) is 25.4. The Morgan fingerprint density at radius 3 is 2.48 bits per heavy atom. The van der Waals surface area contributed by atoms with E-state index in [1.807, 2.05) is 19.9 Å². The van der Waals surface area contributed by atoms with Crippen LogP contribution in [0.2, 0.25) is 0 Å². The van der Waals surface area contributed by atoms with Gasteiger partial charge in [0.25, 0.3) is 5.91 Å². The molecule has 0 spiro atoms. The van der Waals surface area contributed by atoms with Crippen molar-refractivity contribution in [2.45, 2.75) is 26.9 Å². The molecule has 238 valence electrons. The molecule has 0 atom stereocenters. The Morgan fingerprint density at radius 2 is 1.80 bits per heavy atom. The van der Waals surface area contributed by atoms with Gasteiger partial charge in [-0.3, -0.25) is 14.7 Å². The number of carbonyl (C=O) groups excluding carboxylic acids is 3. The molecule has 3 N–H and O–H groups in total. The van der Waals surface area contributed by atoms with Crippen LogP contribution in [0.25, 0.3) is 0 Å². The molecule has 3 aromatic rings. The highest BCUT2D eigenvalue weighted by Crippen LogP contribution is 2.35. The zero-order valence-corrected chi connectivity index (χ0v) is 25.4. The largest absolute Gasteiger partial charge is 0.497 e. The number of guanidine groups is 1. The maximum atomic E-state index is 14.0. The molecule has 12 nitrogen and oxygen atoms in total. The van der Waals surface area contributed by atoms with E-state index < -0.39 is 29.7 Å². The normalized spacial score (nSPS) is 14.7. The van der Waals surface area contributed by atoms with Gasteiger partial charge in [0.15, 0.2) is 5.84 Å². The van der Waals surface area contributed by atoms with Crippen LogP contribution >= 0.6 is 0 Å². The second-order valence-electron chi connectivity index (χ2n) is 10.4. The molecule has 0 fully saturated rings. The summed E-state index contributed by atoms with van der Waals surface area (Å²) in [5, 5.41) is 8.13. The number of hydrogen-bond acceptors (Lipinski definition) is 8. The van der Waals surface area contributed by atoms with Crippen LogP contribution in [0.5, 0.6) is 5.75 Å². The second-order valence-corrected chi connectivity index (χ2v) is 10.4. The van der Waals surface area contributed by atoms with Crippen LogP contribution in [0.15, 0.2) is 76.0 Å². The molecular formula is C31H29F3N8O4. The maximum Gasteiger partial charge on any atom is 0.416 e. The van der Waals surface area contributed by atoms with Crippen LogP contribution < -0.4 is 25.6 Å². The first kappa shape index (κ1) is 31.7. The summed E-state index contributed by atoms with van der Waals surface area (Å²) in [6.45, 7) is 5.48. The van der Waals surface area contributed by atoms with Crippen LogP contribution in [-0.4, -0.2) is 60.4 Å². The summed E-state index contributed by atoms with van der Waals surface area (Å²) in [7, 11) is 2.74. The number of aliphatic imine (C=N–C) groups is 2. The van der Waals surface area contributed by atoms with Crippen molar-refractivity contribution in [3.05, 3.63) is 88.4 Å². The van der Waals surface area contributed by atoms with E-state index in [2.05, 4.69) is 30.9 Å². The van der Waals surface area contributed by atoms with E-state index in [0.717, 1.165) is 34.4 Å². The molecule has 0 aliphatic carbocycles. The Morgan fingerprint density at radius 1 is 1.04 bits per heavy atom. The molecule has 0 unspecified atom stereocenters. The van der Waals surface area contributed by atoms with E-state index in [4.69, 9.17) is 4.74 Å². The van der Waals surface area contributed by atoms with Gasteiger partial charge < -0.3 is 20.7 Å². The number of alkyl halides is 3. The van der Waals surface area contributed by atoms with Gasteiger partial charge in [0, 0.05) is 47.4 Å². The molecule has 5 amide bonds. The van der Waals surface area contributed by atoms with E-state index in [0.29, 0.717) is 17.0 Å². The molecule has 3 heterocycles. The Hall–Kier alpha value is -5.73. The minimum absolute atomic E-state index is 0.0612. The second kappa shape index (κ2) is 12.3. The van der Waals surface area contributed by atoms with Crippen molar-refractivity contribution in [3.63, 3.8) is 0 Å². The first-order valence-electron chi connectivity index (χ1n) is 13.9. The number of amides is 5. The lowest BCUT2D eigenvalue weighted by Gasteiger charge is -2.38. The standard InChI is InChI=1S/C31H29F3N8O4/c1-16-9-17(2)36-15-25(16)39-28-37-14-24-18(3)41(30(45)42(26(24)40-28)29(44)35-4)22-11-21(12-23(13-22)46-5)38-27(43)19-7-6-8-20(10-19)31(32,33)34/h6-13,15H,14H2,1-5H3,(H,35,44)(H,37,39)(H,38,43). The van der Waals surface area contributed by atoms with Gasteiger partial charge in [-0.05, 0) is 56.7 Å². The molecule has 1 aromatic heterocycles. The summed E-state index contributed by atoms with van der Waals surface area (Å²) in [6, 6.07) is 8.73. The number of halogens is 3. The molecule has 0 saturated carbocycles. The van der Waals surface area contributed by atoms with Gasteiger partial charge in [-0.1, -0.05) is 6.07 Å². The number of aryl methyl sites for hydroxylation is 2. The first-order valence-corrected chi connectivity index (χ1v) is 13.9. The molecular weight excluding hydrogens is 605 g/mol. The SMILES string of the molecule is CNC(=O)N1C(=O)N(c2cc(NC(=O)c3cccc(C(F)(F)F)c3)cc(OC)c2)C(C)=C2CN=C(Nc3cnc(C)cc3C)N=C21. The Kier molecular flexibility index (Phi) is 8.50. The number of pyridine rings is 1. The summed E-state index contributed by atoms with van der Waals surface area (Å²) in [5.74, 6) is -0.332. The number of carbonyl (C=O) groups is 3. The summed E-state index contributed by atoms with van der Waals surface area (Å²) >= 11 is 0. The van der Waals surface area contributed by atoms with E-state index in [1.165, 1.54) is 43.3 Å². The third kappa shape index (κ3) is 6.24. The predicted octanol–water partition coefficient (Wildman–Crippen LogP) is 5.71. The van der Waals surface area contributed by atoms with Gasteiger partial charge in [0.2, 0.25) is 5.96 Å². The average Bonchev–Trinajstić information content (AvgIpc) is 3.01. The van der Waals surface area contributed by atoms with E-state index >= 15 is 0 Å². The number of amidine groups is 1. The number of urea groups is 2. The molecule has 5 rings (SSSR count). The molecule has 2 aromatic carbocycles. The van der Waals surface area contributed by atoms with Crippen LogP contribution in [0.4, 0.5) is 39.8 Å². The Balaban J connectivity index is 1.51. The number of nitrogens with one attached hydrogen (secondary N) is 3. The minimum atomic E-state index is -4.63. The molecule has 46 heavy (non-hydrogen) atoms. The quantitative estimate of drug-likeness (QED) is 0.328. The number of methoxy groups -OCH3 is 1. The maximum absolute atomic E-state index is 14.0. The van der Waals surface area contributed by atoms with Crippen molar-refractivity contribution < 1.29 is 32.3 Å². The van der Waals surface area contributed by atoms with Crippen LogP contribution in [0.1, 0.15) is 34.1 Å². The molecule has 0 bridgehead atoms. The minimum Gasteiger partial charge on any atom is -0.497 e. The van der Waals surface area contributed by atoms with Crippen molar-refractivity contribution in [1.82, 2.24) is 15.2 Å². The number of nitrogens with zero attached hydrogens (tertiary/aromatic N) is 5. The predicted molar refractivity (Wildman–Crippen MR) is 166 cm³/mol. The summed E-state index contributed by atoms with van der Waals surface area (Å²) in [5.41, 5.74) is 2.41. The third-order valence-corrected chi connectivity index (χ3v) is 7.24. The van der Waals surface area contributed by atoms with Gasteiger partial charge >= 0.3 is 18.2 Å². The Bertz CT molecular complexity index is 1850. The molecule has 0 saturated heterocycles. The number of imide groups is 1. The van der Waals surface area contributed by atoms with E-state index in [1.54, 1.807) is 13.1 Å². The highest BCUT2D eigenvalue weighted by Gasteiger charge is 2.41. The number of hydrogen-bond donors (Lipinski definition) is 3.